The topological polar surface area (TPSA) is 12.9 Å². The zero-order chi connectivity index (χ0) is 9.42. The minimum Gasteiger partial charge on any atom is -0.254 e. The van der Waals surface area contributed by atoms with Crippen molar-refractivity contribution in [3.05, 3.63) is 39.7 Å². The SMILES string of the molecule is Fc1cc(Cl)c2ncc(Br)cc2c1. The van der Waals surface area contributed by atoms with Crippen LogP contribution in [-0.2, 0) is 0 Å². The van der Waals surface area contributed by atoms with Gasteiger partial charge < -0.3 is 0 Å². The molecule has 0 amide bonds. The minimum atomic E-state index is -0.350. The van der Waals surface area contributed by atoms with Gasteiger partial charge in [0.1, 0.15) is 5.82 Å². The van der Waals surface area contributed by atoms with E-state index in [0.29, 0.717) is 15.9 Å². The summed E-state index contributed by atoms with van der Waals surface area (Å²) < 4.78 is 13.7. The van der Waals surface area contributed by atoms with Crippen molar-refractivity contribution in [2.45, 2.75) is 0 Å². The monoisotopic (exact) mass is 259 g/mol. The van der Waals surface area contributed by atoms with Gasteiger partial charge in [-0.25, -0.2) is 4.39 Å². The summed E-state index contributed by atoms with van der Waals surface area (Å²) in [4.78, 5) is 4.08. The summed E-state index contributed by atoms with van der Waals surface area (Å²) in [5, 5.41) is 1.03. The second-order valence-corrected chi connectivity index (χ2v) is 3.94. The number of aromatic nitrogens is 1. The van der Waals surface area contributed by atoms with Gasteiger partial charge in [-0.05, 0) is 34.1 Å². The molecule has 0 aliphatic carbocycles. The Morgan fingerprint density at radius 1 is 1.31 bits per heavy atom. The van der Waals surface area contributed by atoms with Crippen molar-refractivity contribution in [3.8, 4) is 0 Å². The van der Waals surface area contributed by atoms with Crippen molar-refractivity contribution in [1.82, 2.24) is 4.98 Å². The molecule has 0 atom stereocenters. The van der Waals surface area contributed by atoms with Crippen molar-refractivity contribution >= 4 is 38.4 Å². The first-order valence-electron chi connectivity index (χ1n) is 3.57. The number of pyridine rings is 1. The second-order valence-electron chi connectivity index (χ2n) is 2.61. The maximum absolute atomic E-state index is 12.9. The van der Waals surface area contributed by atoms with E-state index in [-0.39, 0.29) is 5.82 Å². The number of nitrogens with zero attached hydrogens (tertiary/aromatic N) is 1. The van der Waals surface area contributed by atoms with Crippen LogP contribution in [0.1, 0.15) is 0 Å². The summed E-state index contributed by atoms with van der Waals surface area (Å²) in [7, 11) is 0. The standard InChI is InChI=1S/C9H4BrClFN/c10-6-1-5-2-7(12)3-8(11)9(5)13-4-6/h1-4H. The highest BCUT2D eigenvalue weighted by atomic mass is 79.9. The molecule has 0 spiro atoms. The zero-order valence-electron chi connectivity index (χ0n) is 6.39. The van der Waals surface area contributed by atoms with Crippen LogP contribution < -0.4 is 0 Å². The Balaban J connectivity index is 2.86. The number of hydrogen-bond acceptors (Lipinski definition) is 1. The van der Waals surface area contributed by atoms with Crippen molar-refractivity contribution in [1.29, 1.82) is 0 Å². The van der Waals surface area contributed by atoms with E-state index in [1.54, 1.807) is 12.3 Å². The average Bonchev–Trinajstić information content (AvgIpc) is 2.02. The minimum absolute atomic E-state index is 0.336. The Hall–Kier alpha value is -0.670. The third-order valence-electron chi connectivity index (χ3n) is 1.67. The maximum Gasteiger partial charge on any atom is 0.125 e. The number of fused-ring (bicyclic) bond motifs is 1. The molecule has 0 fully saturated rings. The highest BCUT2D eigenvalue weighted by Gasteiger charge is 2.03. The lowest BCUT2D eigenvalue weighted by Gasteiger charge is -2.00. The molecule has 1 nitrogen and oxygen atoms in total. The van der Waals surface area contributed by atoms with Gasteiger partial charge in [-0.15, -0.1) is 0 Å². The molecular formula is C9H4BrClFN. The summed E-state index contributed by atoms with van der Waals surface area (Å²) in [6.07, 6.45) is 1.63. The highest BCUT2D eigenvalue weighted by molar-refractivity contribution is 9.10. The van der Waals surface area contributed by atoms with Crippen molar-refractivity contribution < 1.29 is 4.39 Å². The quantitative estimate of drug-likeness (QED) is 0.702. The van der Waals surface area contributed by atoms with Crippen molar-refractivity contribution in [3.63, 3.8) is 0 Å². The van der Waals surface area contributed by atoms with Crippen LogP contribution in [0.2, 0.25) is 5.02 Å². The van der Waals surface area contributed by atoms with Gasteiger partial charge in [0, 0.05) is 16.1 Å². The molecule has 0 bridgehead atoms. The third kappa shape index (κ3) is 1.67. The molecule has 1 aromatic heterocycles. The molecule has 2 rings (SSSR count). The van der Waals surface area contributed by atoms with Crippen LogP contribution in [-0.4, -0.2) is 4.98 Å². The lowest BCUT2D eigenvalue weighted by Crippen LogP contribution is -1.82. The molecular weight excluding hydrogens is 256 g/mol. The molecule has 4 heteroatoms. The van der Waals surface area contributed by atoms with Crippen LogP contribution in [0, 0.1) is 5.82 Å². The third-order valence-corrected chi connectivity index (χ3v) is 2.39. The summed E-state index contributed by atoms with van der Waals surface area (Å²) in [5.74, 6) is -0.350. The fourth-order valence-corrected chi connectivity index (χ4v) is 1.76. The molecule has 1 aromatic carbocycles. The lowest BCUT2D eigenvalue weighted by molar-refractivity contribution is 0.629. The molecule has 0 aliphatic heterocycles. The number of rotatable bonds is 0. The molecule has 2 aromatic rings. The Kier molecular flexibility index (Phi) is 2.22. The van der Waals surface area contributed by atoms with Gasteiger partial charge in [0.15, 0.2) is 0 Å². The van der Waals surface area contributed by atoms with Crippen LogP contribution in [0.5, 0.6) is 0 Å². The molecule has 13 heavy (non-hydrogen) atoms. The summed E-state index contributed by atoms with van der Waals surface area (Å²) in [6, 6.07) is 4.43. The molecule has 0 N–H and O–H groups in total. The predicted molar refractivity (Wildman–Crippen MR) is 54.4 cm³/mol. The van der Waals surface area contributed by atoms with E-state index < -0.39 is 0 Å². The average molecular weight is 260 g/mol. The molecule has 66 valence electrons. The Morgan fingerprint density at radius 2 is 2.08 bits per heavy atom. The molecule has 0 radical (unpaired) electrons. The fourth-order valence-electron chi connectivity index (χ4n) is 1.14. The van der Waals surface area contributed by atoms with Gasteiger partial charge in [-0.3, -0.25) is 4.98 Å². The van der Waals surface area contributed by atoms with Gasteiger partial charge >= 0.3 is 0 Å². The normalized spacial score (nSPS) is 10.7. The largest absolute Gasteiger partial charge is 0.254 e. The van der Waals surface area contributed by atoms with Gasteiger partial charge in [0.25, 0.3) is 0 Å². The molecule has 0 unspecified atom stereocenters. The second kappa shape index (κ2) is 3.24. The van der Waals surface area contributed by atoms with Crippen LogP contribution in [0.4, 0.5) is 4.39 Å². The van der Waals surface area contributed by atoms with E-state index in [2.05, 4.69) is 20.9 Å². The van der Waals surface area contributed by atoms with E-state index in [4.69, 9.17) is 11.6 Å². The summed E-state index contributed by atoms with van der Waals surface area (Å²) in [6.45, 7) is 0. The Labute approximate surface area is 87.7 Å². The smallest absolute Gasteiger partial charge is 0.125 e. The highest BCUT2D eigenvalue weighted by Crippen LogP contribution is 2.25. The molecule has 0 saturated carbocycles. The summed E-state index contributed by atoms with van der Waals surface area (Å²) in [5.41, 5.74) is 0.617. The predicted octanol–water partition coefficient (Wildman–Crippen LogP) is 3.79. The van der Waals surface area contributed by atoms with Gasteiger partial charge in [-0.1, -0.05) is 11.6 Å². The van der Waals surface area contributed by atoms with Crippen LogP contribution in [0.15, 0.2) is 28.9 Å². The maximum atomic E-state index is 12.9. The zero-order valence-corrected chi connectivity index (χ0v) is 8.73. The number of hydrogen-bond donors (Lipinski definition) is 0. The van der Waals surface area contributed by atoms with E-state index in [1.165, 1.54) is 12.1 Å². The first kappa shape index (κ1) is 8.91. The Morgan fingerprint density at radius 3 is 2.85 bits per heavy atom. The fraction of sp³-hybridized carbons (Fsp3) is 0. The first-order valence-corrected chi connectivity index (χ1v) is 4.74. The Bertz CT molecular complexity index is 467. The summed E-state index contributed by atoms with van der Waals surface area (Å²) >= 11 is 9.05. The number of benzene rings is 1. The van der Waals surface area contributed by atoms with Crippen molar-refractivity contribution in [2.75, 3.05) is 0 Å². The van der Waals surface area contributed by atoms with E-state index in [0.717, 1.165) is 4.47 Å². The van der Waals surface area contributed by atoms with Crippen LogP contribution >= 0.6 is 27.5 Å². The number of halogens is 3. The van der Waals surface area contributed by atoms with E-state index >= 15 is 0 Å². The molecule has 0 aliphatic rings. The lowest BCUT2D eigenvalue weighted by atomic mass is 10.2. The van der Waals surface area contributed by atoms with E-state index in [9.17, 15) is 4.39 Å². The van der Waals surface area contributed by atoms with Gasteiger partial charge in [0.05, 0.1) is 10.5 Å². The van der Waals surface area contributed by atoms with E-state index in [1.807, 2.05) is 0 Å². The van der Waals surface area contributed by atoms with Gasteiger partial charge in [-0.2, -0.15) is 0 Å². The van der Waals surface area contributed by atoms with Crippen LogP contribution in [0.25, 0.3) is 10.9 Å². The van der Waals surface area contributed by atoms with Crippen molar-refractivity contribution in [2.24, 2.45) is 0 Å². The molecule has 0 saturated heterocycles. The first-order chi connectivity index (χ1) is 6.16. The van der Waals surface area contributed by atoms with Crippen LogP contribution in [0.3, 0.4) is 0 Å². The molecule has 1 heterocycles. The van der Waals surface area contributed by atoms with Gasteiger partial charge in [0.2, 0.25) is 0 Å².